The fourth-order valence-corrected chi connectivity index (χ4v) is 5.90. The number of hydrogen-bond donors (Lipinski definition) is 2. The van der Waals surface area contributed by atoms with Gasteiger partial charge in [0.25, 0.3) is 0 Å². The van der Waals surface area contributed by atoms with Crippen LogP contribution in [0.4, 0.5) is 0 Å². The van der Waals surface area contributed by atoms with Gasteiger partial charge in [-0.05, 0) is 44.4 Å². The lowest BCUT2D eigenvalue weighted by Gasteiger charge is -2.15. The molecule has 0 saturated carbocycles. The predicted octanol–water partition coefficient (Wildman–Crippen LogP) is 12.2. The zero-order valence-corrected chi connectivity index (χ0v) is 33.4. The van der Waals surface area contributed by atoms with E-state index >= 15 is 0 Å². The van der Waals surface area contributed by atoms with Crippen molar-refractivity contribution in [2.45, 2.75) is 206 Å². The Balaban J connectivity index is 3.65. The Morgan fingerprint density at radius 2 is 1.10 bits per heavy atom. The molecule has 51 heavy (non-hydrogen) atoms. The van der Waals surface area contributed by atoms with Gasteiger partial charge in [-0.25, -0.2) is 0 Å². The van der Waals surface area contributed by atoms with E-state index in [1.165, 1.54) is 96.3 Å². The molecule has 0 rings (SSSR count). The molecule has 0 saturated heterocycles. The molecular weight excluding hydrogens is 636 g/mol. The van der Waals surface area contributed by atoms with Gasteiger partial charge in [-0.1, -0.05) is 191 Å². The first kappa shape index (κ1) is 48.8. The average molecular weight is 717 g/mol. The molecule has 0 amide bonds. The molecule has 0 fully saturated rings. The van der Waals surface area contributed by atoms with Crippen LogP contribution in [0.15, 0.2) is 48.6 Å². The van der Waals surface area contributed by atoms with Crippen LogP contribution in [0.1, 0.15) is 194 Å². The standard InChI is InChI=1S/C45H80O6/c1-4-5-29-35-42(47)36-31-26-22-18-14-12-16-20-24-28-33-38-45(49)51-43(39-46)40-50-44(48)37-32-27-23-19-15-11-9-7-6-8-10-13-17-21-25-30-34-41(2)3/h12,14,20,22,24,26,31,36,41-43,46-47H,4-11,13,15-19,21,23,25,27-30,32-35,37-40H2,1-3H3/b14-12-,24-20-,26-22-,36-31+/t42-,43-/m0/s1. The maximum atomic E-state index is 12.2. The zero-order chi connectivity index (χ0) is 37.5. The van der Waals surface area contributed by atoms with Crippen molar-refractivity contribution in [3.63, 3.8) is 0 Å². The number of carbonyl (C=O) groups is 2. The highest BCUT2D eigenvalue weighted by Crippen LogP contribution is 2.15. The first-order valence-electron chi connectivity index (χ1n) is 21.2. The van der Waals surface area contributed by atoms with Gasteiger partial charge < -0.3 is 19.7 Å². The van der Waals surface area contributed by atoms with Crippen molar-refractivity contribution < 1.29 is 29.3 Å². The Morgan fingerprint density at radius 1 is 0.588 bits per heavy atom. The van der Waals surface area contributed by atoms with E-state index in [2.05, 4.69) is 51.2 Å². The smallest absolute Gasteiger partial charge is 0.306 e. The molecular formula is C45H80O6. The number of carbonyl (C=O) groups excluding carboxylic acids is 2. The van der Waals surface area contributed by atoms with Crippen LogP contribution in [0.2, 0.25) is 0 Å². The number of allylic oxidation sites excluding steroid dienone is 7. The molecule has 296 valence electrons. The minimum absolute atomic E-state index is 0.0990. The average Bonchev–Trinajstić information content (AvgIpc) is 3.11. The van der Waals surface area contributed by atoms with Gasteiger partial charge in [0.05, 0.1) is 12.7 Å². The number of aliphatic hydroxyl groups is 2. The molecule has 0 aromatic rings. The van der Waals surface area contributed by atoms with Crippen molar-refractivity contribution in [2.75, 3.05) is 13.2 Å². The SMILES string of the molecule is CCCCC[C@H](O)/C=C/C=C\C/C=C\C/C=C\CCCC(=O)O[C@@H](CO)COC(=O)CCCCCCCCCCCCCCCCCCC(C)C. The lowest BCUT2D eigenvalue weighted by molar-refractivity contribution is -0.161. The maximum Gasteiger partial charge on any atom is 0.306 e. The number of esters is 2. The van der Waals surface area contributed by atoms with Gasteiger partial charge >= 0.3 is 11.9 Å². The Morgan fingerprint density at radius 3 is 1.67 bits per heavy atom. The van der Waals surface area contributed by atoms with Gasteiger partial charge in [-0.3, -0.25) is 9.59 Å². The van der Waals surface area contributed by atoms with Crippen LogP contribution in [-0.4, -0.2) is 47.6 Å². The van der Waals surface area contributed by atoms with Gasteiger partial charge in [0, 0.05) is 12.8 Å². The predicted molar refractivity (Wildman–Crippen MR) is 216 cm³/mol. The highest BCUT2D eigenvalue weighted by atomic mass is 16.6. The second-order valence-electron chi connectivity index (χ2n) is 14.7. The van der Waals surface area contributed by atoms with Crippen molar-refractivity contribution in [3.8, 4) is 0 Å². The Kier molecular flexibility index (Phi) is 37.4. The molecule has 0 heterocycles. The zero-order valence-electron chi connectivity index (χ0n) is 33.4. The van der Waals surface area contributed by atoms with Crippen molar-refractivity contribution >= 4 is 11.9 Å². The molecule has 6 heteroatoms. The van der Waals surface area contributed by atoms with Crippen LogP contribution in [0.5, 0.6) is 0 Å². The molecule has 0 unspecified atom stereocenters. The van der Waals surface area contributed by atoms with Gasteiger partial charge in [0.2, 0.25) is 0 Å². The van der Waals surface area contributed by atoms with E-state index in [1.54, 1.807) is 0 Å². The number of unbranched alkanes of at least 4 members (excludes halogenated alkanes) is 18. The molecule has 0 radical (unpaired) electrons. The molecule has 0 aliphatic carbocycles. The second kappa shape index (κ2) is 39.0. The Bertz CT molecular complexity index is 889. The fraction of sp³-hybridized carbons (Fsp3) is 0.778. The number of aliphatic hydroxyl groups excluding tert-OH is 2. The molecule has 0 aromatic carbocycles. The Labute approximate surface area is 314 Å². The summed E-state index contributed by atoms with van der Waals surface area (Å²) in [6, 6.07) is 0. The monoisotopic (exact) mass is 717 g/mol. The minimum atomic E-state index is -0.813. The van der Waals surface area contributed by atoms with E-state index in [1.807, 2.05) is 18.2 Å². The van der Waals surface area contributed by atoms with Crippen molar-refractivity contribution in [1.29, 1.82) is 0 Å². The summed E-state index contributed by atoms with van der Waals surface area (Å²) >= 11 is 0. The van der Waals surface area contributed by atoms with Crippen LogP contribution in [-0.2, 0) is 19.1 Å². The summed E-state index contributed by atoms with van der Waals surface area (Å²) in [6.07, 6.45) is 45.1. The van der Waals surface area contributed by atoms with Crippen LogP contribution in [0, 0.1) is 5.92 Å². The van der Waals surface area contributed by atoms with E-state index in [0.29, 0.717) is 12.8 Å². The molecule has 0 aliphatic heterocycles. The Hall–Kier alpha value is -2.18. The lowest BCUT2D eigenvalue weighted by Crippen LogP contribution is -2.28. The van der Waals surface area contributed by atoms with E-state index in [-0.39, 0.29) is 37.7 Å². The first-order chi connectivity index (χ1) is 24.9. The van der Waals surface area contributed by atoms with E-state index in [4.69, 9.17) is 9.47 Å². The van der Waals surface area contributed by atoms with Crippen molar-refractivity contribution in [3.05, 3.63) is 48.6 Å². The number of hydrogen-bond acceptors (Lipinski definition) is 6. The van der Waals surface area contributed by atoms with Gasteiger partial charge in [-0.15, -0.1) is 0 Å². The van der Waals surface area contributed by atoms with Crippen LogP contribution >= 0.6 is 0 Å². The fourth-order valence-electron chi connectivity index (χ4n) is 5.90. The summed E-state index contributed by atoms with van der Waals surface area (Å²) in [6.45, 7) is 6.33. The number of rotatable bonds is 37. The van der Waals surface area contributed by atoms with E-state index < -0.39 is 6.10 Å². The van der Waals surface area contributed by atoms with Crippen molar-refractivity contribution in [2.24, 2.45) is 5.92 Å². The minimum Gasteiger partial charge on any atom is -0.462 e. The maximum absolute atomic E-state index is 12.2. The molecule has 0 aliphatic rings. The molecule has 6 nitrogen and oxygen atoms in total. The summed E-state index contributed by atoms with van der Waals surface area (Å²) in [5.74, 6) is 0.173. The normalized spacial score (nSPS) is 13.4. The quantitative estimate of drug-likeness (QED) is 0.0288. The first-order valence-corrected chi connectivity index (χ1v) is 21.2. The third-order valence-corrected chi connectivity index (χ3v) is 9.16. The molecule has 0 spiro atoms. The third kappa shape index (κ3) is 38.9. The van der Waals surface area contributed by atoms with Gasteiger partial charge in [0.1, 0.15) is 6.61 Å². The highest BCUT2D eigenvalue weighted by Gasteiger charge is 2.16. The lowest BCUT2D eigenvalue weighted by atomic mass is 10.0. The molecule has 2 N–H and O–H groups in total. The highest BCUT2D eigenvalue weighted by molar-refractivity contribution is 5.70. The molecule has 2 atom stereocenters. The van der Waals surface area contributed by atoms with Crippen LogP contribution in [0.3, 0.4) is 0 Å². The van der Waals surface area contributed by atoms with Crippen LogP contribution < -0.4 is 0 Å². The van der Waals surface area contributed by atoms with Crippen molar-refractivity contribution in [1.82, 2.24) is 0 Å². The largest absolute Gasteiger partial charge is 0.462 e. The van der Waals surface area contributed by atoms with E-state index in [0.717, 1.165) is 63.7 Å². The third-order valence-electron chi connectivity index (χ3n) is 9.16. The summed E-state index contributed by atoms with van der Waals surface area (Å²) in [5.41, 5.74) is 0. The van der Waals surface area contributed by atoms with Gasteiger partial charge in [0.15, 0.2) is 6.10 Å². The summed E-state index contributed by atoms with van der Waals surface area (Å²) in [4.78, 5) is 24.3. The summed E-state index contributed by atoms with van der Waals surface area (Å²) in [5, 5.41) is 19.4. The molecule has 0 aromatic heterocycles. The number of ether oxygens (including phenoxy) is 2. The summed E-state index contributed by atoms with van der Waals surface area (Å²) < 4.78 is 10.6. The van der Waals surface area contributed by atoms with Gasteiger partial charge in [-0.2, -0.15) is 0 Å². The topological polar surface area (TPSA) is 93.1 Å². The van der Waals surface area contributed by atoms with E-state index in [9.17, 15) is 19.8 Å². The second-order valence-corrected chi connectivity index (χ2v) is 14.7. The summed E-state index contributed by atoms with van der Waals surface area (Å²) in [7, 11) is 0. The molecule has 0 bridgehead atoms. The van der Waals surface area contributed by atoms with Crippen LogP contribution in [0.25, 0.3) is 0 Å².